The first-order chi connectivity index (χ1) is 24.0. The molecule has 0 spiro atoms. The van der Waals surface area contributed by atoms with Crippen molar-refractivity contribution >= 4 is 40.2 Å². The zero-order valence-corrected chi connectivity index (χ0v) is 27.9. The standard InChI is InChI=1S/C47H38N2/c1-4-34-18-14-26-39(32-34)48(37-22-10-6-11-23-37)43-30-16-28-41-45(43)46-42(47(41,2)3)29-17-31-44(46)49(38-24-12-7-13-25-38)40-27-15-21-36(33-40)35-19-8-5-9-20-35/h4-33H,1H2,2-3H3. The summed E-state index contributed by atoms with van der Waals surface area (Å²) in [7, 11) is 0. The first-order valence-electron chi connectivity index (χ1n) is 16.9. The van der Waals surface area contributed by atoms with Gasteiger partial charge in [0, 0.05) is 39.3 Å². The van der Waals surface area contributed by atoms with E-state index in [-0.39, 0.29) is 5.41 Å². The minimum atomic E-state index is -0.212. The monoisotopic (exact) mass is 630 g/mol. The quantitative estimate of drug-likeness (QED) is 0.165. The maximum Gasteiger partial charge on any atom is 0.0544 e. The van der Waals surface area contributed by atoms with Crippen LogP contribution in [0.2, 0.25) is 0 Å². The van der Waals surface area contributed by atoms with E-state index in [0.29, 0.717) is 0 Å². The Morgan fingerprint density at radius 3 is 1.39 bits per heavy atom. The van der Waals surface area contributed by atoms with Crippen LogP contribution in [0.25, 0.3) is 28.3 Å². The highest BCUT2D eigenvalue weighted by Gasteiger charge is 2.40. The Hall–Kier alpha value is -6.12. The lowest BCUT2D eigenvalue weighted by Gasteiger charge is -2.31. The first kappa shape index (κ1) is 30.2. The number of anilines is 6. The molecular weight excluding hydrogens is 593 g/mol. The van der Waals surface area contributed by atoms with Crippen molar-refractivity contribution in [2.24, 2.45) is 0 Å². The lowest BCUT2D eigenvalue weighted by Crippen LogP contribution is -2.16. The van der Waals surface area contributed by atoms with Crippen LogP contribution in [0.4, 0.5) is 34.1 Å². The molecule has 236 valence electrons. The summed E-state index contributed by atoms with van der Waals surface area (Å²) in [6, 6.07) is 63.2. The van der Waals surface area contributed by atoms with Crippen molar-refractivity contribution in [3.63, 3.8) is 0 Å². The second-order valence-electron chi connectivity index (χ2n) is 13.1. The fourth-order valence-electron chi connectivity index (χ4n) is 7.42. The van der Waals surface area contributed by atoms with Gasteiger partial charge in [0.15, 0.2) is 0 Å². The third kappa shape index (κ3) is 5.32. The van der Waals surface area contributed by atoms with Crippen LogP contribution in [0.3, 0.4) is 0 Å². The summed E-state index contributed by atoms with van der Waals surface area (Å²) in [6.07, 6.45) is 1.92. The van der Waals surface area contributed by atoms with Gasteiger partial charge in [-0.3, -0.25) is 0 Å². The van der Waals surface area contributed by atoms with Gasteiger partial charge in [-0.25, -0.2) is 0 Å². The number of benzene rings is 7. The molecule has 8 rings (SSSR count). The highest BCUT2D eigenvalue weighted by Crippen LogP contribution is 2.58. The number of hydrogen-bond acceptors (Lipinski definition) is 2. The molecule has 0 saturated heterocycles. The zero-order chi connectivity index (χ0) is 33.4. The molecule has 0 saturated carbocycles. The topological polar surface area (TPSA) is 6.48 Å². The van der Waals surface area contributed by atoms with Gasteiger partial charge in [0.05, 0.1) is 11.4 Å². The van der Waals surface area contributed by atoms with E-state index in [1.54, 1.807) is 0 Å². The predicted molar refractivity (Wildman–Crippen MR) is 209 cm³/mol. The van der Waals surface area contributed by atoms with Gasteiger partial charge in [-0.1, -0.05) is 142 Å². The van der Waals surface area contributed by atoms with Crippen molar-refractivity contribution in [2.75, 3.05) is 9.80 Å². The van der Waals surface area contributed by atoms with E-state index >= 15 is 0 Å². The van der Waals surface area contributed by atoms with Gasteiger partial charge in [0.2, 0.25) is 0 Å². The van der Waals surface area contributed by atoms with E-state index in [1.165, 1.54) is 33.4 Å². The van der Waals surface area contributed by atoms with Gasteiger partial charge < -0.3 is 9.80 Å². The normalized spacial score (nSPS) is 12.5. The van der Waals surface area contributed by atoms with Crippen LogP contribution in [0, 0.1) is 0 Å². The maximum atomic E-state index is 4.07. The summed E-state index contributed by atoms with van der Waals surface area (Å²) in [4.78, 5) is 4.83. The second-order valence-corrected chi connectivity index (χ2v) is 13.1. The minimum absolute atomic E-state index is 0.212. The Morgan fingerprint density at radius 1 is 0.429 bits per heavy atom. The number of fused-ring (bicyclic) bond motifs is 3. The highest BCUT2D eigenvalue weighted by atomic mass is 15.2. The Labute approximate surface area is 289 Å². The number of para-hydroxylation sites is 2. The maximum absolute atomic E-state index is 4.07. The first-order valence-corrected chi connectivity index (χ1v) is 16.9. The summed E-state index contributed by atoms with van der Waals surface area (Å²) in [5.74, 6) is 0. The third-order valence-electron chi connectivity index (χ3n) is 9.77. The van der Waals surface area contributed by atoms with Crippen LogP contribution in [0.1, 0.15) is 30.5 Å². The lowest BCUT2D eigenvalue weighted by molar-refractivity contribution is 0.660. The Morgan fingerprint density at radius 2 is 0.857 bits per heavy atom. The molecule has 7 aromatic carbocycles. The SMILES string of the molecule is C=Cc1cccc(N(c2ccccc2)c2cccc3c2-c2c(N(c4ccccc4)c4cccc(-c5ccccc5)c4)cccc2C3(C)C)c1. The van der Waals surface area contributed by atoms with E-state index in [1.807, 2.05) is 6.08 Å². The molecule has 0 N–H and O–H groups in total. The van der Waals surface area contributed by atoms with E-state index in [9.17, 15) is 0 Å². The van der Waals surface area contributed by atoms with Gasteiger partial charge >= 0.3 is 0 Å². The van der Waals surface area contributed by atoms with Crippen molar-refractivity contribution in [2.45, 2.75) is 19.3 Å². The van der Waals surface area contributed by atoms with E-state index < -0.39 is 0 Å². The highest BCUT2D eigenvalue weighted by molar-refractivity contribution is 6.02. The minimum Gasteiger partial charge on any atom is -0.310 e. The molecule has 0 fully saturated rings. The Kier molecular flexibility index (Phi) is 7.70. The molecule has 0 amide bonds. The lowest BCUT2D eigenvalue weighted by atomic mass is 9.82. The molecular formula is C47H38N2. The fourth-order valence-corrected chi connectivity index (χ4v) is 7.42. The zero-order valence-electron chi connectivity index (χ0n) is 27.9. The summed E-state index contributed by atoms with van der Waals surface area (Å²) in [5.41, 5.74) is 15.1. The van der Waals surface area contributed by atoms with Crippen LogP contribution >= 0.6 is 0 Å². The molecule has 2 heteroatoms. The molecule has 0 unspecified atom stereocenters. The summed E-state index contributed by atoms with van der Waals surface area (Å²) in [6.45, 7) is 8.79. The smallest absolute Gasteiger partial charge is 0.0544 e. The summed E-state index contributed by atoms with van der Waals surface area (Å²) >= 11 is 0. The predicted octanol–water partition coefficient (Wildman–Crippen LogP) is 13.2. The van der Waals surface area contributed by atoms with Crippen molar-refractivity contribution in [3.05, 3.63) is 199 Å². The molecule has 49 heavy (non-hydrogen) atoms. The van der Waals surface area contributed by atoms with Crippen LogP contribution < -0.4 is 9.80 Å². The van der Waals surface area contributed by atoms with Crippen molar-refractivity contribution in [1.29, 1.82) is 0 Å². The van der Waals surface area contributed by atoms with Gasteiger partial charge in [0.25, 0.3) is 0 Å². The van der Waals surface area contributed by atoms with Crippen molar-refractivity contribution in [3.8, 4) is 22.3 Å². The van der Waals surface area contributed by atoms with E-state index in [2.05, 4.69) is 206 Å². The van der Waals surface area contributed by atoms with Crippen molar-refractivity contribution < 1.29 is 0 Å². The van der Waals surface area contributed by atoms with Crippen LogP contribution in [-0.4, -0.2) is 0 Å². The second kappa shape index (κ2) is 12.5. The van der Waals surface area contributed by atoms with Crippen LogP contribution in [0.5, 0.6) is 0 Å². The van der Waals surface area contributed by atoms with E-state index in [4.69, 9.17) is 0 Å². The van der Waals surface area contributed by atoms with Gasteiger partial charge in [-0.2, -0.15) is 0 Å². The average Bonchev–Trinajstić information content (AvgIpc) is 3.40. The van der Waals surface area contributed by atoms with Gasteiger partial charge in [-0.15, -0.1) is 0 Å². The van der Waals surface area contributed by atoms with Crippen molar-refractivity contribution in [1.82, 2.24) is 0 Å². The largest absolute Gasteiger partial charge is 0.310 e. The Balaban J connectivity index is 1.41. The van der Waals surface area contributed by atoms with E-state index in [0.717, 1.165) is 39.7 Å². The Bertz CT molecular complexity index is 2270. The molecule has 0 aliphatic heterocycles. The molecule has 0 bridgehead atoms. The third-order valence-corrected chi connectivity index (χ3v) is 9.77. The molecule has 0 heterocycles. The molecule has 2 nitrogen and oxygen atoms in total. The average molecular weight is 631 g/mol. The summed E-state index contributed by atoms with van der Waals surface area (Å²) in [5, 5.41) is 0. The number of hydrogen-bond donors (Lipinski definition) is 0. The van der Waals surface area contributed by atoms with Crippen LogP contribution in [-0.2, 0) is 5.41 Å². The molecule has 1 aliphatic rings. The molecule has 0 radical (unpaired) electrons. The molecule has 1 aliphatic carbocycles. The molecule has 0 atom stereocenters. The number of rotatable bonds is 8. The van der Waals surface area contributed by atoms with Crippen LogP contribution in [0.15, 0.2) is 183 Å². The number of nitrogens with zero attached hydrogens (tertiary/aromatic N) is 2. The molecule has 7 aromatic rings. The summed E-state index contributed by atoms with van der Waals surface area (Å²) < 4.78 is 0. The fraction of sp³-hybridized carbons (Fsp3) is 0.0638. The van der Waals surface area contributed by atoms with Gasteiger partial charge in [0.1, 0.15) is 0 Å². The molecule has 0 aromatic heterocycles. The van der Waals surface area contributed by atoms with Gasteiger partial charge in [-0.05, 0) is 88.5 Å².